The number of benzene rings is 2. The molecule has 1 N–H and O–H groups in total. The van der Waals surface area contributed by atoms with E-state index >= 15 is 0 Å². The molecule has 1 unspecified atom stereocenters. The number of alkyl carbamates (subject to hydrolysis) is 1. The molecule has 0 aliphatic carbocycles. The second-order valence-corrected chi connectivity index (χ2v) is 8.19. The van der Waals surface area contributed by atoms with Crippen molar-refractivity contribution in [2.24, 2.45) is 0 Å². The Balaban J connectivity index is 1.12. The molecule has 0 saturated carbocycles. The first kappa shape index (κ1) is 23.3. The molecule has 1 aliphatic heterocycles. The number of ether oxygens (including phenoxy) is 2. The maximum atomic E-state index is 11.4. The van der Waals surface area contributed by atoms with Crippen molar-refractivity contribution in [1.82, 2.24) is 10.3 Å². The molecule has 1 fully saturated rings. The zero-order valence-corrected chi connectivity index (χ0v) is 18.9. The van der Waals surface area contributed by atoms with E-state index < -0.39 is 12.2 Å². The zero-order valence-electron chi connectivity index (χ0n) is 18.9. The molecule has 0 bridgehead atoms. The van der Waals surface area contributed by atoms with Crippen LogP contribution in [0.1, 0.15) is 54.8 Å². The van der Waals surface area contributed by atoms with Crippen LogP contribution in [0.15, 0.2) is 65.3 Å². The van der Waals surface area contributed by atoms with Crippen LogP contribution in [0.25, 0.3) is 12.2 Å². The Morgan fingerprint density at radius 3 is 2.50 bits per heavy atom. The number of hydrogen-bond donors (Lipinski definition) is 1. The van der Waals surface area contributed by atoms with Crippen molar-refractivity contribution < 1.29 is 23.5 Å². The van der Waals surface area contributed by atoms with E-state index in [1.165, 1.54) is 5.56 Å². The van der Waals surface area contributed by atoms with Crippen LogP contribution in [-0.2, 0) is 22.6 Å². The van der Waals surface area contributed by atoms with Gasteiger partial charge in [-0.2, -0.15) is 0 Å². The number of cyclic esters (lactones) is 1. The molecule has 1 aliphatic rings. The van der Waals surface area contributed by atoms with Crippen LogP contribution < -0.4 is 10.1 Å². The van der Waals surface area contributed by atoms with E-state index in [0.29, 0.717) is 18.9 Å². The molecule has 1 aromatic heterocycles. The van der Waals surface area contributed by atoms with E-state index in [4.69, 9.17) is 13.9 Å². The summed E-state index contributed by atoms with van der Waals surface area (Å²) in [6, 6.07) is 18.1. The number of rotatable bonds is 12. The number of oxazole rings is 1. The molecule has 0 spiro atoms. The number of carbonyl (C=O) groups excluding carboxylic acids is 2. The molecule has 2 aromatic carbocycles. The van der Waals surface area contributed by atoms with Gasteiger partial charge in [-0.05, 0) is 55.0 Å². The second kappa shape index (κ2) is 11.8. The predicted molar refractivity (Wildman–Crippen MR) is 128 cm³/mol. The van der Waals surface area contributed by atoms with Gasteiger partial charge in [0.05, 0.1) is 0 Å². The van der Waals surface area contributed by atoms with Gasteiger partial charge in [0, 0.05) is 6.08 Å². The van der Waals surface area contributed by atoms with Crippen molar-refractivity contribution in [3.05, 3.63) is 83.6 Å². The predicted octanol–water partition coefficient (Wildman–Crippen LogP) is 5.55. The second-order valence-electron chi connectivity index (χ2n) is 8.19. The summed E-state index contributed by atoms with van der Waals surface area (Å²) in [7, 11) is 0. The minimum atomic E-state index is -0.635. The summed E-state index contributed by atoms with van der Waals surface area (Å²) >= 11 is 0. The van der Waals surface area contributed by atoms with Gasteiger partial charge >= 0.3 is 6.09 Å². The molecule has 7 nitrogen and oxygen atoms in total. The normalized spacial score (nSPS) is 15.5. The van der Waals surface area contributed by atoms with Gasteiger partial charge in [0.15, 0.2) is 6.10 Å². The van der Waals surface area contributed by atoms with Crippen molar-refractivity contribution in [1.29, 1.82) is 0 Å². The maximum Gasteiger partial charge on any atom is 0.414 e. The first-order valence-corrected chi connectivity index (χ1v) is 11.6. The highest BCUT2D eigenvalue weighted by atomic mass is 16.6. The highest BCUT2D eigenvalue weighted by Gasteiger charge is 2.31. The number of carbonyl (C=O) groups is 2. The lowest BCUT2D eigenvalue weighted by atomic mass is 10.0. The zero-order chi connectivity index (χ0) is 23.6. The molecule has 34 heavy (non-hydrogen) atoms. The van der Waals surface area contributed by atoms with Gasteiger partial charge in [0.25, 0.3) is 5.91 Å². The van der Waals surface area contributed by atoms with Crippen LogP contribution in [0, 0.1) is 0 Å². The van der Waals surface area contributed by atoms with Gasteiger partial charge < -0.3 is 13.9 Å². The van der Waals surface area contributed by atoms with E-state index in [9.17, 15) is 9.59 Å². The van der Waals surface area contributed by atoms with Crippen LogP contribution in [0.4, 0.5) is 4.79 Å². The van der Waals surface area contributed by atoms with E-state index in [1.807, 2.05) is 54.6 Å². The van der Waals surface area contributed by atoms with Crippen LogP contribution >= 0.6 is 0 Å². The third kappa shape index (κ3) is 7.07. The Bertz CT molecular complexity index is 1110. The fraction of sp³-hybridized carbons (Fsp3) is 0.296. The van der Waals surface area contributed by atoms with Gasteiger partial charge in [-0.15, -0.1) is 0 Å². The van der Waals surface area contributed by atoms with Crippen molar-refractivity contribution >= 4 is 24.2 Å². The van der Waals surface area contributed by atoms with Gasteiger partial charge in [0.2, 0.25) is 5.89 Å². The quantitative estimate of drug-likeness (QED) is 0.356. The lowest BCUT2D eigenvalue weighted by molar-refractivity contribution is -0.123. The minimum Gasteiger partial charge on any atom is -0.487 e. The van der Waals surface area contributed by atoms with E-state index in [0.717, 1.165) is 49.1 Å². The average molecular weight is 461 g/mol. The maximum absolute atomic E-state index is 11.4. The summed E-state index contributed by atoms with van der Waals surface area (Å²) in [6.07, 6.45) is 9.73. The highest BCUT2D eigenvalue weighted by molar-refractivity contribution is 5.99. The number of nitrogens with zero attached hydrogens (tertiary/aromatic N) is 1. The summed E-state index contributed by atoms with van der Waals surface area (Å²) < 4.78 is 16.2. The van der Waals surface area contributed by atoms with Gasteiger partial charge in [-0.3, -0.25) is 10.1 Å². The molecule has 1 atom stereocenters. The smallest absolute Gasteiger partial charge is 0.414 e. The summed E-state index contributed by atoms with van der Waals surface area (Å²) in [5.74, 6) is 1.01. The van der Waals surface area contributed by atoms with Gasteiger partial charge in [-0.1, -0.05) is 55.3 Å². The van der Waals surface area contributed by atoms with Crippen molar-refractivity contribution in [3.8, 4) is 5.75 Å². The third-order valence-corrected chi connectivity index (χ3v) is 5.55. The number of hydrogen-bond acceptors (Lipinski definition) is 6. The number of unbranched alkanes of at least 4 members (excludes halogenated alkanes) is 3. The topological polar surface area (TPSA) is 90.7 Å². The summed E-state index contributed by atoms with van der Waals surface area (Å²) in [5.41, 5.74) is 3.08. The summed E-state index contributed by atoms with van der Waals surface area (Å²) in [5, 5.41) is 2.15. The Morgan fingerprint density at radius 1 is 0.941 bits per heavy atom. The third-order valence-electron chi connectivity index (χ3n) is 5.55. The van der Waals surface area contributed by atoms with Crippen molar-refractivity contribution in [2.45, 2.75) is 51.2 Å². The average Bonchev–Trinajstić information content (AvgIpc) is 3.45. The molecule has 0 radical (unpaired) electrons. The van der Waals surface area contributed by atoms with Crippen LogP contribution in [0.3, 0.4) is 0 Å². The molecule has 1 saturated heterocycles. The van der Waals surface area contributed by atoms with Gasteiger partial charge in [-0.25, -0.2) is 9.78 Å². The Kier molecular flexibility index (Phi) is 8.11. The van der Waals surface area contributed by atoms with Crippen LogP contribution in [0.2, 0.25) is 0 Å². The molecule has 3 aromatic rings. The first-order chi connectivity index (χ1) is 16.7. The molecule has 176 valence electrons. The molecular formula is C27H28N2O5. The van der Waals surface area contributed by atoms with Crippen molar-refractivity contribution in [2.75, 3.05) is 0 Å². The highest BCUT2D eigenvalue weighted by Crippen LogP contribution is 2.18. The molecular weight excluding hydrogens is 432 g/mol. The monoisotopic (exact) mass is 460 g/mol. The fourth-order valence-corrected chi connectivity index (χ4v) is 3.70. The Hall–Kier alpha value is -3.87. The number of aryl methyl sites for hydroxylation is 1. The minimum absolute atomic E-state index is 0.323. The SMILES string of the molecule is O=C1NC(=O)C(CCCCCCc2ccc(OCc3coc(/C=C/c4ccccc4)n3)cc2)O1. The molecule has 2 amide bonds. The number of imide groups is 1. The van der Waals surface area contributed by atoms with E-state index in [-0.39, 0.29) is 5.91 Å². The van der Waals surface area contributed by atoms with Crippen LogP contribution in [0.5, 0.6) is 5.75 Å². The van der Waals surface area contributed by atoms with E-state index in [2.05, 4.69) is 22.4 Å². The fourth-order valence-electron chi connectivity index (χ4n) is 3.70. The largest absolute Gasteiger partial charge is 0.487 e. The first-order valence-electron chi connectivity index (χ1n) is 11.6. The van der Waals surface area contributed by atoms with Gasteiger partial charge in [0.1, 0.15) is 24.3 Å². The molecule has 4 rings (SSSR count). The molecule has 2 heterocycles. The Morgan fingerprint density at radius 2 is 1.74 bits per heavy atom. The molecule has 7 heteroatoms. The van der Waals surface area contributed by atoms with E-state index in [1.54, 1.807) is 6.26 Å². The summed E-state index contributed by atoms with van der Waals surface area (Å²) in [6.45, 7) is 0.344. The standard InChI is InChI=1S/C27H28N2O5/c30-26-24(34-27(31)29-26)11-7-2-1-4-10-21-12-15-23(16-13-21)32-18-22-19-33-25(28-22)17-14-20-8-5-3-6-9-20/h3,5-6,8-9,12-17,19,24H,1-2,4,7,10-11,18H2,(H,29,30,31)/b17-14+. The van der Waals surface area contributed by atoms with Crippen molar-refractivity contribution in [3.63, 3.8) is 0 Å². The number of amides is 2. The summed E-state index contributed by atoms with van der Waals surface area (Å²) in [4.78, 5) is 26.9. The van der Waals surface area contributed by atoms with Crippen LogP contribution in [-0.4, -0.2) is 23.1 Å². The Labute approximate surface area is 198 Å². The number of nitrogens with one attached hydrogen (secondary N) is 1. The number of aromatic nitrogens is 1. The lowest BCUT2D eigenvalue weighted by Gasteiger charge is -2.07. The lowest BCUT2D eigenvalue weighted by Crippen LogP contribution is -2.24.